The largest absolute Gasteiger partial charge is 0.356 e. The number of rotatable bonds is 17. The molecule has 1 atom stereocenters. The summed E-state index contributed by atoms with van der Waals surface area (Å²) in [5.41, 5.74) is 0. The van der Waals surface area contributed by atoms with Crippen molar-refractivity contribution in [2.24, 2.45) is 5.92 Å². The van der Waals surface area contributed by atoms with Crippen molar-refractivity contribution in [2.75, 3.05) is 13.1 Å². The molecule has 0 saturated carbocycles. The summed E-state index contributed by atoms with van der Waals surface area (Å²) in [6, 6.07) is 0. The first-order valence-electron chi connectivity index (χ1n) is 11.9. The van der Waals surface area contributed by atoms with E-state index < -0.39 is 0 Å². The van der Waals surface area contributed by atoms with Crippen LogP contribution in [0, 0.1) is 5.92 Å². The molecular weight excluding hydrogens is 316 g/mol. The van der Waals surface area contributed by atoms with Crippen LogP contribution >= 0.6 is 0 Å². The highest BCUT2D eigenvalue weighted by molar-refractivity contribution is 4.98. The van der Waals surface area contributed by atoms with Crippen molar-refractivity contribution in [1.82, 2.24) is 9.80 Å². The number of hydrogen-bond donors (Lipinski definition) is 0. The Kier molecular flexibility index (Phi) is 13.9. The van der Waals surface area contributed by atoms with Crippen molar-refractivity contribution < 1.29 is 0 Å². The molecule has 0 aromatic heterocycles. The highest BCUT2D eigenvalue weighted by Crippen LogP contribution is 2.24. The molecule has 0 N–H and O–H groups in total. The molecule has 0 amide bonds. The molecule has 1 heterocycles. The topological polar surface area (TPSA) is 6.48 Å². The van der Waals surface area contributed by atoms with Crippen LogP contribution in [0.25, 0.3) is 0 Å². The fraction of sp³-hybridized carbons (Fsp3) is 0.917. The molecular formula is C24H48N2. The Hall–Kier alpha value is -0.660. The molecule has 0 aliphatic carbocycles. The van der Waals surface area contributed by atoms with Gasteiger partial charge in [-0.05, 0) is 18.8 Å². The second-order valence-electron chi connectivity index (χ2n) is 8.67. The van der Waals surface area contributed by atoms with Crippen LogP contribution in [0.4, 0.5) is 0 Å². The lowest BCUT2D eigenvalue weighted by Crippen LogP contribution is -2.43. The van der Waals surface area contributed by atoms with Gasteiger partial charge in [0.05, 0.1) is 0 Å². The van der Waals surface area contributed by atoms with E-state index in [-0.39, 0.29) is 0 Å². The molecule has 0 aromatic carbocycles. The maximum Gasteiger partial charge on any atom is 0.103 e. The molecule has 0 aromatic rings. The normalized spacial score (nSPS) is 17.0. The second-order valence-corrected chi connectivity index (χ2v) is 8.67. The van der Waals surface area contributed by atoms with Gasteiger partial charge in [-0.15, -0.1) is 0 Å². The lowest BCUT2D eigenvalue weighted by Gasteiger charge is -2.36. The van der Waals surface area contributed by atoms with Crippen molar-refractivity contribution in [3.8, 4) is 0 Å². The zero-order chi connectivity index (χ0) is 19.0. The van der Waals surface area contributed by atoms with Crippen molar-refractivity contribution >= 4 is 0 Å². The molecule has 0 bridgehead atoms. The predicted molar refractivity (Wildman–Crippen MR) is 117 cm³/mol. The van der Waals surface area contributed by atoms with Gasteiger partial charge in [0, 0.05) is 25.5 Å². The minimum Gasteiger partial charge on any atom is -0.356 e. The first-order valence-corrected chi connectivity index (χ1v) is 11.9. The lowest BCUT2D eigenvalue weighted by atomic mass is 10.1. The van der Waals surface area contributed by atoms with E-state index in [9.17, 15) is 0 Å². The quantitative estimate of drug-likeness (QED) is 0.246. The van der Waals surface area contributed by atoms with E-state index in [0.717, 1.165) is 0 Å². The van der Waals surface area contributed by atoms with Crippen LogP contribution < -0.4 is 0 Å². The van der Waals surface area contributed by atoms with E-state index in [1.807, 2.05) is 0 Å². The van der Waals surface area contributed by atoms with Crippen LogP contribution in [-0.4, -0.2) is 29.1 Å². The Bertz CT molecular complexity index is 337. The van der Waals surface area contributed by atoms with E-state index in [4.69, 9.17) is 0 Å². The number of nitrogens with zero attached hydrogens (tertiary/aromatic N) is 2. The average Bonchev–Trinajstić information content (AvgIpc) is 3.03. The molecule has 1 aliphatic rings. The van der Waals surface area contributed by atoms with Gasteiger partial charge in [-0.1, -0.05) is 105 Å². The number of unbranched alkanes of at least 4 members (excludes halogenated alkanes) is 12. The summed E-state index contributed by atoms with van der Waals surface area (Å²) in [4.78, 5) is 5.18. The molecule has 1 rings (SSSR count). The predicted octanol–water partition coefficient (Wildman–Crippen LogP) is 7.56. The van der Waals surface area contributed by atoms with Gasteiger partial charge < -0.3 is 9.80 Å². The summed E-state index contributed by atoms with van der Waals surface area (Å²) >= 11 is 0. The Morgan fingerprint density at radius 1 is 0.577 bits per heavy atom. The van der Waals surface area contributed by atoms with Crippen molar-refractivity contribution in [3.05, 3.63) is 12.4 Å². The van der Waals surface area contributed by atoms with Crippen molar-refractivity contribution in [3.63, 3.8) is 0 Å². The minimum atomic E-state index is 0.593. The highest BCUT2D eigenvalue weighted by Gasteiger charge is 2.27. The van der Waals surface area contributed by atoms with E-state index in [1.165, 1.54) is 103 Å². The van der Waals surface area contributed by atoms with Crippen LogP contribution in [0.1, 0.15) is 118 Å². The van der Waals surface area contributed by atoms with Crippen LogP contribution in [0.5, 0.6) is 0 Å². The third-order valence-electron chi connectivity index (χ3n) is 5.77. The van der Waals surface area contributed by atoms with E-state index >= 15 is 0 Å². The van der Waals surface area contributed by atoms with Crippen LogP contribution in [-0.2, 0) is 0 Å². The summed E-state index contributed by atoms with van der Waals surface area (Å²) in [5.74, 6) is 0.694. The van der Waals surface area contributed by atoms with Gasteiger partial charge in [0.1, 0.15) is 6.17 Å². The minimum absolute atomic E-state index is 0.593. The zero-order valence-electron chi connectivity index (χ0n) is 18.5. The van der Waals surface area contributed by atoms with Gasteiger partial charge in [0.25, 0.3) is 0 Å². The van der Waals surface area contributed by atoms with Gasteiger partial charge in [0.2, 0.25) is 0 Å². The fourth-order valence-electron chi connectivity index (χ4n) is 4.22. The molecule has 154 valence electrons. The second kappa shape index (κ2) is 15.4. The summed E-state index contributed by atoms with van der Waals surface area (Å²) < 4.78 is 0. The molecule has 0 radical (unpaired) electrons. The smallest absolute Gasteiger partial charge is 0.103 e. The van der Waals surface area contributed by atoms with Crippen molar-refractivity contribution in [2.45, 2.75) is 124 Å². The van der Waals surface area contributed by atoms with Crippen molar-refractivity contribution in [1.29, 1.82) is 0 Å². The van der Waals surface area contributed by atoms with Gasteiger partial charge in [-0.3, -0.25) is 0 Å². The molecule has 2 heteroatoms. The number of hydrogen-bond acceptors (Lipinski definition) is 2. The van der Waals surface area contributed by atoms with Gasteiger partial charge >= 0.3 is 0 Å². The molecule has 26 heavy (non-hydrogen) atoms. The Labute approximate surface area is 165 Å². The molecule has 2 nitrogen and oxygen atoms in total. The summed E-state index contributed by atoms with van der Waals surface area (Å²) in [7, 11) is 0. The van der Waals surface area contributed by atoms with Gasteiger partial charge in [0.15, 0.2) is 0 Å². The SMILES string of the molecule is CCCCCCCCCCCCCN1C=CN(CCCCC)C1C(C)C. The zero-order valence-corrected chi connectivity index (χ0v) is 18.5. The highest BCUT2D eigenvalue weighted by atomic mass is 15.4. The van der Waals surface area contributed by atoms with Gasteiger partial charge in [-0.25, -0.2) is 0 Å². The maximum absolute atomic E-state index is 2.60. The third kappa shape index (κ3) is 9.88. The Morgan fingerprint density at radius 3 is 1.35 bits per heavy atom. The molecule has 0 saturated heterocycles. The van der Waals surface area contributed by atoms with Crippen LogP contribution in [0.2, 0.25) is 0 Å². The third-order valence-corrected chi connectivity index (χ3v) is 5.77. The average molecular weight is 365 g/mol. The molecule has 0 spiro atoms. The van der Waals surface area contributed by atoms with Gasteiger partial charge in [-0.2, -0.15) is 0 Å². The first-order chi connectivity index (χ1) is 12.7. The monoisotopic (exact) mass is 364 g/mol. The molecule has 1 aliphatic heterocycles. The summed E-state index contributed by atoms with van der Waals surface area (Å²) in [6.07, 6.45) is 25.0. The van der Waals surface area contributed by atoms with E-state index in [1.54, 1.807) is 0 Å². The summed E-state index contributed by atoms with van der Waals surface area (Å²) in [6.45, 7) is 11.8. The Morgan fingerprint density at radius 2 is 0.923 bits per heavy atom. The maximum atomic E-state index is 2.60. The van der Waals surface area contributed by atoms with Crippen LogP contribution in [0.15, 0.2) is 12.4 Å². The summed E-state index contributed by atoms with van der Waals surface area (Å²) in [5, 5.41) is 0. The van der Waals surface area contributed by atoms with E-state index in [2.05, 4.69) is 49.9 Å². The van der Waals surface area contributed by atoms with Crippen LogP contribution in [0.3, 0.4) is 0 Å². The molecule has 1 unspecified atom stereocenters. The fourth-order valence-corrected chi connectivity index (χ4v) is 4.22. The lowest BCUT2D eigenvalue weighted by molar-refractivity contribution is 0.104. The molecule has 0 fully saturated rings. The first kappa shape index (κ1) is 23.4. The van der Waals surface area contributed by atoms with E-state index in [0.29, 0.717) is 12.1 Å². The Balaban J connectivity index is 2.06. The standard InChI is InChI=1S/C24H48N2/c1-5-7-9-10-11-12-13-14-15-16-18-20-26-22-21-25(19-17-8-6-2)24(26)23(3)4/h21-24H,5-20H2,1-4H3.